The van der Waals surface area contributed by atoms with Crippen molar-refractivity contribution in [2.45, 2.75) is 69.5 Å². The molecule has 5 rings (SSSR count). The van der Waals surface area contributed by atoms with E-state index in [4.69, 9.17) is 16.0 Å². The number of nitrogens with zero attached hydrogens (tertiary/aromatic N) is 1. The third-order valence-electron chi connectivity index (χ3n) is 6.91. The Hall–Kier alpha value is -1.76. The number of aliphatic hydroxyl groups excluding tert-OH is 1. The van der Waals surface area contributed by atoms with Crippen LogP contribution in [0.25, 0.3) is 11.0 Å². The number of halogens is 1. The minimum Gasteiger partial charge on any atom is -0.459 e. The van der Waals surface area contributed by atoms with E-state index in [0.29, 0.717) is 17.3 Å². The smallest absolute Gasteiger partial charge is 0.319 e. The highest BCUT2D eigenvalue weighted by Crippen LogP contribution is 2.49. The van der Waals surface area contributed by atoms with Crippen molar-refractivity contribution in [3.05, 3.63) is 28.5 Å². The third kappa shape index (κ3) is 3.31. The van der Waals surface area contributed by atoms with Crippen LogP contribution in [0.1, 0.15) is 62.7 Å². The van der Waals surface area contributed by atoms with Crippen LogP contribution >= 0.6 is 11.6 Å². The molecule has 1 aliphatic carbocycles. The van der Waals surface area contributed by atoms with Gasteiger partial charge in [0.2, 0.25) is 0 Å². The predicted octanol–water partition coefficient (Wildman–Crippen LogP) is 4.73. The molecule has 1 spiro atoms. The van der Waals surface area contributed by atoms with Crippen LogP contribution < -0.4 is 10.6 Å². The van der Waals surface area contributed by atoms with Crippen LogP contribution in [0.15, 0.2) is 16.5 Å². The zero-order chi connectivity index (χ0) is 20.0. The zero-order valence-corrected chi connectivity index (χ0v) is 17.4. The van der Waals surface area contributed by atoms with E-state index in [1.54, 1.807) is 0 Å². The largest absolute Gasteiger partial charge is 0.459 e. The normalized spacial score (nSPS) is 24.3. The molecule has 2 amide bonds. The highest BCUT2D eigenvalue weighted by molar-refractivity contribution is 6.35. The summed E-state index contributed by atoms with van der Waals surface area (Å²) >= 11 is 6.61. The number of aliphatic hydroxyl groups is 1. The molecule has 1 aromatic heterocycles. The Balaban J connectivity index is 1.58. The van der Waals surface area contributed by atoms with Crippen molar-refractivity contribution in [1.82, 2.24) is 10.2 Å². The summed E-state index contributed by atoms with van der Waals surface area (Å²) in [5.41, 5.74) is 2.11. The number of fused-ring (bicyclic) bond motifs is 4. The minimum absolute atomic E-state index is 0.181. The summed E-state index contributed by atoms with van der Waals surface area (Å²) in [7, 11) is 0. The molecule has 1 saturated heterocycles. The van der Waals surface area contributed by atoms with Crippen LogP contribution in [0.4, 0.5) is 10.5 Å². The van der Waals surface area contributed by atoms with Crippen molar-refractivity contribution >= 4 is 34.3 Å². The second-order valence-electron chi connectivity index (χ2n) is 8.76. The average Bonchev–Trinajstić information content (AvgIpc) is 3.10. The number of anilines is 1. The van der Waals surface area contributed by atoms with E-state index < -0.39 is 5.54 Å². The van der Waals surface area contributed by atoms with Gasteiger partial charge in [-0.2, -0.15) is 0 Å². The van der Waals surface area contributed by atoms with E-state index in [0.717, 1.165) is 67.4 Å². The molecular formula is C22H28ClN3O3. The van der Waals surface area contributed by atoms with Crippen LogP contribution in [0, 0.1) is 0 Å². The summed E-state index contributed by atoms with van der Waals surface area (Å²) in [6, 6.07) is 3.97. The maximum absolute atomic E-state index is 12.4. The van der Waals surface area contributed by atoms with Gasteiger partial charge in [0, 0.05) is 17.0 Å². The molecule has 3 aliphatic rings. The summed E-state index contributed by atoms with van der Waals surface area (Å²) in [5.74, 6) is 0.882. The first-order valence-electron chi connectivity index (χ1n) is 10.8. The van der Waals surface area contributed by atoms with Crippen molar-refractivity contribution in [2.75, 3.05) is 18.5 Å². The van der Waals surface area contributed by atoms with Crippen LogP contribution in [-0.4, -0.2) is 35.2 Å². The monoisotopic (exact) mass is 417 g/mol. The first-order chi connectivity index (χ1) is 14.1. The van der Waals surface area contributed by atoms with Gasteiger partial charge >= 0.3 is 6.03 Å². The lowest BCUT2D eigenvalue weighted by molar-refractivity contribution is 0.0787. The number of hydrogen-bond acceptors (Lipinski definition) is 4. The van der Waals surface area contributed by atoms with Crippen molar-refractivity contribution in [2.24, 2.45) is 0 Å². The summed E-state index contributed by atoms with van der Waals surface area (Å²) in [6.07, 6.45) is 8.48. The molecule has 1 atom stereocenters. The number of carbonyl (C=O) groups is 1. The molecule has 29 heavy (non-hydrogen) atoms. The fourth-order valence-corrected chi connectivity index (χ4v) is 5.75. The van der Waals surface area contributed by atoms with Gasteiger partial charge in [0.05, 0.1) is 29.4 Å². The van der Waals surface area contributed by atoms with Crippen LogP contribution in [0.2, 0.25) is 5.02 Å². The molecule has 2 fully saturated rings. The van der Waals surface area contributed by atoms with Gasteiger partial charge in [0.25, 0.3) is 0 Å². The van der Waals surface area contributed by atoms with Crippen molar-refractivity contribution < 1.29 is 14.3 Å². The Morgan fingerprint density at radius 1 is 1.21 bits per heavy atom. The maximum atomic E-state index is 12.4. The van der Waals surface area contributed by atoms with E-state index in [9.17, 15) is 9.90 Å². The fraction of sp³-hybridized carbons (Fsp3) is 0.591. The average molecular weight is 418 g/mol. The molecule has 0 radical (unpaired) electrons. The number of likely N-dealkylation sites (tertiary alicyclic amines) is 1. The molecule has 1 saturated carbocycles. The van der Waals surface area contributed by atoms with Crippen LogP contribution in [0.5, 0.6) is 0 Å². The van der Waals surface area contributed by atoms with Gasteiger partial charge in [0.15, 0.2) is 0 Å². The standard InChI is InChI=1S/C22H28ClN3O3/c23-17-11-14-10-16(12-26-9-5-2-6-15(26)13-27)29-20(14)18-19(17)24-21(28)25-22(18)7-3-1-4-8-22/h10-11,15,27H,1-9,12-13H2,(H2,24,25,28). The Morgan fingerprint density at radius 2 is 2.03 bits per heavy atom. The molecule has 1 unspecified atom stereocenters. The molecule has 2 aliphatic heterocycles. The van der Waals surface area contributed by atoms with Gasteiger partial charge in [-0.05, 0) is 44.4 Å². The van der Waals surface area contributed by atoms with Gasteiger partial charge in [-0.25, -0.2) is 4.79 Å². The predicted molar refractivity (Wildman–Crippen MR) is 113 cm³/mol. The maximum Gasteiger partial charge on any atom is 0.319 e. The van der Waals surface area contributed by atoms with E-state index in [1.807, 2.05) is 6.07 Å². The highest BCUT2D eigenvalue weighted by atomic mass is 35.5. The summed E-state index contributed by atoms with van der Waals surface area (Å²) < 4.78 is 6.41. The topological polar surface area (TPSA) is 77.7 Å². The SMILES string of the molecule is O=C1Nc2c(Cl)cc3cc(CN4CCCCC4CO)oc3c2C2(CCCCC2)N1. The van der Waals surface area contributed by atoms with Crippen LogP contribution in [0.3, 0.4) is 0 Å². The van der Waals surface area contributed by atoms with Gasteiger partial charge in [-0.15, -0.1) is 0 Å². The minimum atomic E-state index is -0.410. The number of furan rings is 1. The van der Waals surface area contributed by atoms with Crippen molar-refractivity contribution in [3.8, 4) is 0 Å². The summed E-state index contributed by atoms with van der Waals surface area (Å²) in [5, 5.41) is 17.4. The van der Waals surface area contributed by atoms with Gasteiger partial charge in [-0.3, -0.25) is 4.90 Å². The molecule has 3 heterocycles. The van der Waals surface area contributed by atoms with E-state index in [1.165, 1.54) is 12.8 Å². The number of nitrogens with one attached hydrogen (secondary N) is 2. The van der Waals surface area contributed by atoms with E-state index in [2.05, 4.69) is 21.6 Å². The Labute approximate surface area is 175 Å². The number of urea groups is 1. The first-order valence-corrected chi connectivity index (χ1v) is 11.2. The Kier molecular flexibility index (Phi) is 4.96. The van der Waals surface area contributed by atoms with Gasteiger partial charge < -0.3 is 20.2 Å². The molecule has 6 nitrogen and oxygen atoms in total. The van der Waals surface area contributed by atoms with Gasteiger partial charge in [0.1, 0.15) is 11.3 Å². The number of amides is 2. The molecule has 3 N–H and O–H groups in total. The molecular weight excluding hydrogens is 390 g/mol. The number of hydrogen-bond donors (Lipinski definition) is 3. The summed E-state index contributed by atoms with van der Waals surface area (Å²) in [4.78, 5) is 14.7. The van der Waals surface area contributed by atoms with E-state index >= 15 is 0 Å². The second-order valence-corrected chi connectivity index (χ2v) is 9.17. The Morgan fingerprint density at radius 3 is 2.83 bits per heavy atom. The van der Waals surface area contributed by atoms with E-state index in [-0.39, 0.29) is 18.7 Å². The molecule has 1 aromatic carbocycles. The number of benzene rings is 1. The van der Waals surface area contributed by atoms with Crippen molar-refractivity contribution in [1.29, 1.82) is 0 Å². The highest BCUT2D eigenvalue weighted by Gasteiger charge is 2.43. The molecule has 7 heteroatoms. The number of piperidine rings is 1. The summed E-state index contributed by atoms with van der Waals surface area (Å²) in [6.45, 7) is 1.84. The molecule has 0 bridgehead atoms. The molecule has 2 aromatic rings. The lowest BCUT2D eigenvalue weighted by Crippen LogP contribution is -2.52. The number of carbonyl (C=O) groups excluding carboxylic acids is 1. The zero-order valence-electron chi connectivity index (χ0n) is 16.6. The first kappa shape index (κ1) is 19.2. The lowest BCUT2D eigenvalue weighted by atomic mass is 9.74. The van der Waals surface area contributed by atoms with Crippen molar-refractivity contribution in [3.63, 3.8) is 0 Å². The van der Waals surface area contributed by atoms with Crippen LogP contribution in [-0.2, 0) is 12.1 Å². The quantitative estimate of drug-likeness (QED) is 0.674. The number of rotatable bonds is 3. The second kappa shape index (κ2) is 7.49. The Bertz CT molecular complexity index is 935. The third-order valence-corrected chi connectivity index (χ3v) is 7.20. The molecule has 156 valence electrons. The fourth-order valence-electron chi connectivity index (χ4n) is 5.49. The van der Waals surface area contributed by atoms with Gasteiger partial charge in [-0.1, -0.05) is 37.3 Å². The lowest BCUT2D eigenvalue weighted by Gasteiger charge is -2.42.